The van der Waals surface area contributed by atoms with Gasteiger partial charge in [0.2, 0.25) is 0 Å². The Bertz CT molecular complexity index is 1590. The minimum absolute atomic E-state index is 0.176. The second kappa shape index (κ2) is 10.3. The highest BCUT2D eigenvalue weighted by atomic mass is 14.2. The highest BCUT2D eigenvalue weighted by molar-refractivity contribution is 5.87. The maximum absolute atomic E-state index is 2.30. The average molecular weight is 475 g/mol. The fourth-order valence-electron chi connectivity index (χ4n) is 5.47. The summed E-state index contributed by atoms with van der Waals surface area (Å²) >= 11 is 0. The molecular weight excluding hydrogens is 444 g/mol. The monoisotopic (exact) mass is 474 g/mol. The minimum Gasteiger partial charge on any atom is -0.0622 e. The Morgan fingerprint density at radius 3 is 1.49 bits per heavy atom. The molecule has 37 heavy (non-hydrogen) atoms. The number of hydrogen-bond donors (Lipinski definition) is 0. The van der Waals surface area contributed by atoms with Crippen LogP contribution >= 0.6 is 0 Å². The molecule has 0 aliphatic heterocycles. The zero-order chi connectivity index (χ0) is 25.0. The van der Waals surface area contributed by atoms with E-state index in [4.69, 9.17) is 0 Å². The SMILES string of the molecule is CC(c1ccccc1)c1ccc(-c2ccc(C(c3ccccc3)c3cccc4ccccc34)cc2)cc1. The zero-order valence-electron chi connectivity index (χ0n) is 21.1. The minimum atomic E-state index is 0.176. The summed E-state index contributed by atoms with van der Waals surface area (Å²) in [6, 6.07) is 55.1. The van der Waals surface area contributed by atoms with Gasteiger partial charge in [0.15, 0.2) is 0 Å². The summed E-state index contributed by atoms with van der Waals surface area (Å²) in [5.41, 5.74) is 9.14. The lowest BCUT2D eigenvalue weighted by atomic mass is 9.82. The highest BCUT2D eigenvalue weighted by Gasteiger charge is 2.19. The molecule has 0 heterocycles. The lowest BCUT2D eigenvalue weighted by Gasteiger charge is -2.21. The largest absolute Gasteiger partial charge is 0.0622 e. The fourth-order valence-corrected chi connectivity index (χ4v) is 5.47. The first-order valence-corrected chi connectivity index (χ1v) is 13.1. The molecular formula is C37H30. The van der Waals surface area contributed by atoms with Gasteiger partial charge in [0.25, 0.3) is 0 Å². The molecule has 6 aromatic carbocycles. The van der Waals surface area contributed by atoms with Crippen molar-refractivity contribution in [2.75, 3.05) is 0 Å². The van der Waals surface area contributed by atoms with Crippen LogP contribution in [0.5, 0.6) is 0 Å². The smallest absolute Gasteiger partial charge is 0.0346 e. The first-order chi connectivity index (χ1) is 18.3. The van der Waals surface area contributed by atoms with Crippen molar-refractivity contribution in [2.24, 2.45) is 0 Å². The molecule has 2 unspecified atom stereocenters. The van der Waals surface area contributed by atoms with Crippen molar-refractivity contribution < 1.29 is 0 Å². The summed E-state index contributed by atoms with van der Waals surface area (Å²) < 4.78 is 0. The maximum atomic E-state index is 2.30. The summed E-state index contributed by atoms with van der Waals surface area (Å²) in [6.45, 7) is 2.27. The van der Waals surface area contributed by atoms with Gasteiger partial charge in [-0.25, -0.2) is 0 Å². The van der Waals surface area contributed by atoms with Crippen LogP contribution in [0.4, 0.5) is 0 Å². The molecule has 0 heteroatoms. The fraction of sp³-hybridized carbons (Fsp3) is 0.0811. The van der Waals surface area contributed by atoms with Crippen molar-refractivity contribution >= 4 is 10.8 Å². The topological polar surface area (TPSA) is 0 Å². The summed E-state index contributed by atoms with van der Waals surface area (Å²) in [4.78, 5) is 0. The van der Waals surface area contributed by atoms with E-state index in [2.05, 4.69) is 159 Å². The molecule has 0 nitrogen and oxygen atoms in total. The second-order valence-electron chi connectivity index (χ2n) is 9.79. The van der Waals surface area contributed by atoms with Crippen LogP contribution in [0.1, 0.15) is 46.6 Å². The van der Waals surface area contributed by atoms with E-state index in [1.54, 1.807) is 0 Å². The van der Waals surface area contributed by atoms with E-state index in [1.807, 2.05) is 0 Å². The van der Waals surface area contributed by atoms with Crippen molar-refractivity contribution in [2.45, 2.75) is 18.8 Å². The third kappa shape index (κ3) is 4.71. The Balaban J connectivity index is 1.34. The Hall–Kier alpha value is -4.42. The lowest BCUT2D eigenvalue weighted by Crippen LogP contribution is -2.04. The van der Waals surface area contributed by atoms with Crippen LogP contribution in [0.15, 0.2) is 152 Å². The van der Waals surface area contributed by atoms with E-state index in [1.165, 1.54) is 49.7 Å². The van der Waals surface area contributed by atoms with Crippen LogP contribution in [-0.4, -0.2) is 0 Å². The molecule has 0 radical (unpaired) electrons. The van der Waals surface area contributed by atoms with Gasteiger partial charge >= 0.3 is 0 Å². The van der Waals surface area contributed by atoms with E-state index >= 15 is 0 Å². The Morgan fingerprint density at radius 2 is 0.838 bits per heavy atom. The molecule has 0 aliphatic carbocycles. The first-order valence-electron chi connectivity index (χ1n) is 13.1. The van der Waals surface area contributed by atoms with Crippen LogP contribution in [0.3, 0.4) is 0 Å². The molecule has 0 fully saturated rings. The molecule has 6 rings (SSSR count). The molecule has 178 valence electrons. The van der Waals surface area contributed by atoms with Crippen LogP contribution in [0.2, 0.25) is 0 Å². The van der Waals surface area contributed by atoms with Gasteiger partial charge in [-0.2, -0.15) is 0 Å². The zero-order valence-corrected chi connectivity index (χ0v) is 21.1. The predicted molar refractivity (Wildman–Crippen MR) is 157 cm³/mol. The standard InChI is InChI=1S/C37H30/c1-27(28-11-4-2-5-12-28)29-19-21-30(22-20-29)31-23-25-34(26-24-31)37(33-14-6-3-7-15-33)36-18-10-16-32-13-8-9-17-35(32)36/h2-27,37H,1H3. The summed E-state index contributed by atoms with van der Waals surface area (Å²) in [7, 11) is 0. The van der Waals surface area contributed by atoms with Crippen LogP contribution < -0.4 is 0 Å². The van der Waals surface area contributed by atoms with E-state index in [9.17, 15) is 0 Å². The molecule has 0 spiro atoms. The first kappa shape index (κ1) is 23.0. The molecule has 0 bridgehead atoms. The van der Waals surface area contributed by atoms with Gasteiger partial charge in [-0.1, -0.05) is 159 Å². The van der Waals surface area contributed by atoms with Crippen molar-refractivity contribution in [3.63, 3.8) is 0 Å². The van der Waals surface area contributed by atoms with E-state index in [0.29, 0.717) is 5.92 Å². The molecule has 0 aromatic heterocycles. The summed E-state index contributed by atoms with van der Waals surface area (Å²) in [6.07, 6.45) is 0. The summed E-state index contributed by atoms with van der Waals surface area (Å²) in [5, 5.41) is 2.59. The Labute approximate surface area is 219 Å². The van der Waals surface area contributed by atoms with Crippen LogP contribution in [-0.2, 0) is 0 Å². The normalized spacial score (nSPS) is 12.8. The highest BCUT2D eigenvalue weighted by Crippen LogP contribution is 2.37. The molecule has 0 saturated heterocycles. The maximum Gasteiger partial charge on any atom is 0.0346 e. The van der Waals surface area contributed by atoms with Crippen LogP contribution in [0.25, 0.3) is 21.9 Å². The molecule has 0 aliphatic rings. The predicted octanol–water partition coefficient (Wildman–Crippen LogP) is 9.84. The number of fused-ring (bicyclic) bond motifs is 1. The molecule has 0 saturated carbocycles. The van der Waals surface area contributed by atoms with Gasteiger partial charge in [0.1, 0.15) is 0 Å². The Morgan fingerprint density at radius 1 is 0.378 bits per heavy atom. The van der Waals surface area contributed by atoms with E-state index in [0.717, 1.165) is 0 Å². The molecule has 2 atom stereocenters. The average Bonchev–Trinajstić information content (AvgIpc) is 2.98. The third-order valence-electron chi connectivity index (χ3n) is 7.55. The van der Waals surface area contributed by atoms with Gasteiger partial charge in [-0.15, -0.1) is 0 Å². The van der Waals surface area contributed by atoms with Crippen molar-refractivity contribution in [1.82, 2.24) is 0 Å². The Kier molecular flexibility index (Phi) is 6.40. The van der Waals surface area contributed by atoms with Crippen LogP contribution in [0, 0.1) is 0 Å². The second-order valence-corrected chi connectivity index (χ2v) is 9.79. The van der Waals surface area contributed by atoms with Gasteiger partial charge in [-0.3, -0.25) is 0 Å². The molecule has 0 amide bonds. The van der Waals surface area contributed by atoms with E-state index in [-0.39, 0.29) is 5.92 Å². The van der Waals surface area contributed by atoms with Gasteiger partial charge in [0.05, 0.1) is 0 Å². The van der Waals surface area contributed by atoms with Gasteiger partial charge in [0, 0.05) is 11.8 Å². The van der Waals surface area contributed by atoms with Gasteiger partial charge < -0.3 is 0 Å². The quantitative estimate of drug-likeness (QED) is 0.211. The molecule has 0 N–H and O–H groups in total. The summed E-state index contributed by atoms with van der Waals surface area (Å²) in [5.74, 6) is 0.556. The molecule has 6 aromatic rings. The van der Waals surface area contributed by atoms with E-state index < -0.39 is 0 Å². The number of rotatable bonds is 6. The third-order valence-corrected chi connectivity index (χ3v) is 7.55. The van der Waals surface area contributed by atoms with Crippen molar-refractivity contribution in [1.29, 1.82) is 0 Å². The van der Waals surface area contributed by atoms with Crippen molar-refractivity contribution in [3.05, 3.63) is 179 Å². The lowest BCUT2D eigenvalue weighted by molar-refractivity contribution is 0.923. The van der Waals surface area contributed by atoms with Crippen molar-refractivity contribution in [3.8, 4) is 11.1 Å². The van der Waals surface area contributed by atoms with Gasteiger partial charge in [-0.05, 0) is 49.7 Å². The number of hydrogen-bond acceptors (Lipinski definition) is 0. The number of benzene rings is 6.